The fourth-order valence-corrected chi connectivity index (χ4v) is 2.76. The lowest BCUT2D eigenvalue weighted by Gasteiger charge is -2.09. The van der Waals surface area contributed by atoms with E-state index in [-0.39, 0.29) is 18.2 Å². The van der Waals surface area contributed by atoms with Gasteiger partial charge in [0.1, 0.15) is 5.75 Å². The van der Waals surface area contributed by atoms with E-state index in [4.69, 9.17) is 4.74 Å². The molecule has 0 saturated heterocycles. The van der Waals surface area contributed by atoms with Crippen LogP contribution in [-0.4, -0.2) is 18.9 Å². The highest BCUT2D eigenvalue weighted by Gasteiger charge is 2.07. The zero-order valence-electron chi connectivity index (χ0n) is 15.9. The van der Waals surface area contributed by atoms with E-state index in [2.05, 4.69) is 10.6 Å². The lowest BCUT2D eigenvalue weighted by molar-refractivity contribution is -0.115. The molecule has 5 nitrogen and oxygen atoms in total. The molecule has 0 fully saturated rings. The van der Waals surface area contributed by atoms with Gasteiger partial charge in [-0.2, -0.15) is 0 Å². The number of rotatable bonds is 6. The van der Waals surface area contributed by atoms with Crippen molar-refractivity contribution in [3.8, 4) is 5.75 Å². The molecule has 2 amide bonds. The summed E-state index contributed by atoms with van der Waals surface area (Å²) in [5.41, 5.74) is 3.88. The van der Waals surface area contributed by atoms with Gasteiger partial charge in [0.25, 0.3) is 5.91 Å². The third kappa shape index (κ3) is 5.20. The second kappa shape index (κ2) is 8.86. The number of aryl methyl sites for hydroxylation is 1. The number of hydrogen-bond donors (Lipinski definition) is 2. The first-order valence-electron chi connectivity index (χ1n) is 8.94. The number of amides is 2. The van der Waals surface area contributed by atoms with Gasteiger partial charge in [-0.1, -0.05) is 29.8 Å². The average Bonchev–Trinajstić information content (AvgIpc) is 2.70. The van der Waals surface area contributed by atoms with Crippen LogP contribution < -0.4 is 15.4 Å². The highest BCUT2D eigenvalue weighted by Crippen LogP contribution is 2.16. The van der Waals surface area contributed by atoms with Gasteiger partial charge in [0, 0.05) is 16.9 Å². The van der Waals surface area contributed by atoms with Crippen LogP contribution in [0.1, 0.15) is 21.5 Å². The number of benzene rings is 3. The minimum absolute atomic E-state index is 0.110. The van der Waals surface area contributed by atoms with Gasteiger partial charge >= 0.3 is 0 Å². The molecule has 0 bridgehead atoms. The normalized spacial score (nSPS) is 10.2. The molecule has 0 unspecified atom stereocenters. The van der Waals surface area contributed by atoms with E-state index in [9.17, 15) is 9.59 Å². The molecule has 0 aliphatic heterocycles. The number of ether oxygens (including phenoxy) is 1. The first kappa shape index (κ1) is 19.2. The quantitative estimate of drug-likeness (QED) is 0.670. The van der Waals surface area contributed by atoms with Gasteiger partial charge < -0.3 is 15.4 Å². The topological polar surface area (TPSA) is 67.4 Å². The number of anilines is 2. The second-order valence-corrected chi connectivity index (χ2v) is 6.47. The molecule has 0 aromatic heterocycles. The van der Waals surface area contributed by atoms with Crippen LogP contribution in [0.5, 0.6) is 5.75 Å². The predicted molar refractivity (Wildman–Crippen MR) is 111 cm³/mol. The van der Waals surface area contributed by atoms with Gasteiger partial charge in [-0.15, -0.1) is 0 Å². The third-order valence-corrected chi connectivity index (χ3v) is 4.23. The summed E-state index contributed by atoms with van der Waals surface area (Å²) < 4.78 is 5.11. The molecule has 142 valence electrons. The Labute approximate surface area is 164 Å². The molecule has 3 aromatic rings. The van der Waals surface area contributed by atoms with Crippen molar-refractivity contribution in [3.05, 3.63) is 89.5 Å². The van der Waals surface area contributed by atoms with E-state index in [1.54, 1.807) is 37.4 Å². The molecule has 3 rings (SSSR count). The molecule has 0 aliphatic rings. The van der Waals surface area contributed by atoms with E-state index in [0.29, 0.717) is 16.9 Å². The van der Waals surface area contributed by atoms with E-state index in [1.165, 1.54) is 0 Å². The van der Waals surface area contributed by atoms with Crippen LogP contribution >= 0.6 is 0 Å². The van der Waals surface area contributed by atoms with Gasteiger partial charge in [-0.25, -0.2) is 0 Å². The Morgan fingerprint density at radius 1 is 0.857 bits per heavy atom. The number of carbonyl (C=O) groups is 2. The monoisotopic (exact) mass is 374 g/mol. The van der Waals surface area contributed by atoms with Crippen LogP contribution in [0.15, 0.2) is 72.8 Å². The Morgan fingerprint density at radius 2 is 1.50 bits per heavy atom. The molecular formula is C23H22N2O3. The van der Waals surface area contributed by atoms with Crippen LogP contribution in [0.2, 0.25) is 0 Å². The average molecular weight is 374 g/mol. The van der Waals surface area contributed by atoms with Crippen molar-refractivity contribution in [1.82, 2.24) is 0 Å². The summed E-state index contributed by atoms with van der Waals surface area (Å²) in [7, 11) is 1.61. The Balaban J connectivity index is 1.56. The van der Waals surface area contributed by atoms with Crippen molar-refractivity contribution in [2.75, 3.05) is 17.7 Å². The molecule has 5 heteroatoms. The molecule has 0 heterocycles. The molecule has 0 aliphatic carbocycles. The minimum atomic E-state index is -0.167. The smallest absolute Gasteiger partial charge is 0.255 e. The predicted octanol–water partition coefficient (Wildman–Crippen LogP) is 4.44. The summed E-state index contributed by atoms with van der Waals surface area (Å²) in [6, 6.07) is 21.8. The first-order chi connectivity index (χ1) is 13.5. The van der Waals surface area contributed by atoms with Crippen molar-refractivity contribution in [1.29, 1.82) is 0 Å². The summed E-state index contributed by atoms with van der Waals surface area (Å²) in [5.74, 6) is 0.481. The highest BCUT2D eigenvalue weighted by atomic mass is 16.5. The number of carbonyl (C=O) groups excluding carboxylic acids is 2. The molecule has 0 radical (unpaired) electrons. The Bertz CT molecular complexity index is 964. The molecule has 28 heavy (non-hydrogen) atoms. The van der Waals surface area contributed by atoms with Gasteiger partial charge in [0.2, 0.25) is 5.91 Å². The fraction of sp³-hybridized carbons (Fsp3) is 0.130. The van der Waals surface area contributed by atoms with Crippen molar-refractivity contribution in [2.24, 2.45) is 0 Å². The number of hydrogen-bond acceptors (Lipinski definition) is 3. The molecular weight excluding hydrogens is 352 g/mol. The number of methoxy groups -OCH3 is 1. The molecule has 2 N–H and O–H groups in total. The maximum absolute atomic E-state index is 12.3. The van der Waals surface area contributed by atoms with E-state index in [1.807, 2.05) is 49.4 Å². The van der Waals surface area contributed by atoms with Crippen LogP contribution in [0, 0.1) is 6.92 Å². The zero-order chi connectivity index (χ0) is 19.9. The minimum Gasteiger partial charge on any atom is -0.497 e. The maximum Gasteiger partial charge on any atom is 0.255 e. The van der Waals surface area contributed by atoms with Crippen LogP contribution in [0.4, 0.5) is 11.4 Å². The van der Waals surface area contributed by atoms with E-state index < -0.39 is 0 Å². The van der Waals surface area contributed by atoms with Gasteiger partial charge in [-0.05, 0) is 61.0 Å². The molecule has 0 saturated carbocycles. The third-order valence-electron chi connectivity index (χ3n) is 4.23. The summed E-state index contributed by atoms with van der Waals surface area (Å²) in [6.07, 6.45) is 0.274. The van der Waals surface area contributed by atoms with Crippen molar-refractivity contribution in [3.63, 3.8) is 0 Å². The molecule has 3 aromatic carbocycles. The number of nitrogens with one attached hydrogen (secondary N) is 2. The van der Waals surface area contributed by atoms with Crippen molar-refractivity contribution >= 4 is 23.2 Å². The van der Waals surface area contributed by atoms with Gasteiger partial charge in [-0.3, -0.25) is 9.59 Å². The van der Waals surface area contributed by atoms with E-state index >= 15 is 0 Å². The van der Waals surface area contributed by atoms with Gasteiger partial charge in [0.05, 0.1) is 13.5 Å². The van der Waals surface area contributed by atoms with Crippen LogP contribution in [0.25, 0.3) is 0 Å². The van der Waals surface area contributed by atoms with E-state index in [0.717, 1.165) is 16.9 Å². The highest BCUT2D eigenvalue weighted by molar-refractivity contribution is 6.04. The Kier molecular flexibility index (Phi) is 6.07. The summed E-state index contributed by atoms with van der Waals surface area (Å²) >= 11 is 0. The van der Waals surface area contributed by atoms with Gasteiger partial charge in [0.15, 0.2) is 0 Å². The second-order valence-electron chi connectivity index (χ2n) is 6.47. The molecule has 0 atom stereocenters. The summed E-state index contributed by atoms with van der Waals surface area (Å²) in [6.45, 7) is 1.94. The maximum atomic E-state index is 12.3. The fourth-order valence-electron chi connectivity index (χ4n) is 2.76. The lowest BCUT2D eigenvalue weighted by Crippen LogP contribution is -2.15. The lowest BCUT2D eigenvalue weighted by atomic mass is 10.1. The zero-order valence-corrected chi connectivity index (χ0v) is 15.9. The SMILES string of the molecule is COc1ccc(CC(=O)Nc2ccc(NC(=O)c3cccc(C)c3)cc2)cc1. The van der Waals surface area contributed by atoms with Crippen LogP contribution in [0.3, 0.4) is 0 Å². The van der Waals surface area contributed by atoms with Crippen molar-refractivity contribution in [2.45, 2.75) is 13.3 Å². The standard InChI is InChI=1S/C23H22N2O3/c1-16-4-3-5-18(14-16)23(27)25-20-10-8-19(9-11-20)24-22(26)15-17-6-12-21(28-2)13-7-17/h3-14H,15H2,1-2H3,(H,24,26)(H,25,27). The Morgan fingerprint density at radius 3 is 2.11 bits per heavy atom. The Hall–Kier alpha value is -3.60. The first-order valence-corrected chi connectivity index (χ1v) is 8.94. The van der Waals surface area contributed by atoms with Crippen LogP contribution in [-0.2, 0) is 11.2 Å². The largest absolute Gasteiger partial charge is 0.497 e. The summed E-state index contributed by atoms with van der Waals surface area (Å²) in [5, 5.41) is 5.71. The summed E-state index contributed by atoms with van der Waals surface area (Å²) in [4.78, 5) is 24.5. The van der Waals surface area contributed by atoms with Crippen molar-refractivity contribution < 1.29 is 14.3 Å². The molecule has 0 spiro atoms.